The van der Waals surface area contributed by atoms with Crippen LogP contribution in [0.4, 0.5) is 0 Å². The molecule has 0 saturated heterocycles. The van der Waals surface area contributed by atoms with Gasteiger partial charge in [-0.3, -0.25) is 4.79 Å². The Morgan fingerprint density at radius 3 is 3.00 bits per heavy atom. The SMILES string of the molecule is CC(C)/C=N/NC(=O)c1ccc[nH]1. The molecular formula is C9H13N3O. The maximum absolute atomic E-state index is 11.2. The predicted molar refractivity (Wildman–Crippen MR) is 51.6 cm³/mol. The van der Waals surface area contributed by atoms with Crippen molar-refractivity contribution in [3.05, 3.63) is 24.0 Å². The summed E-state index contributed by atoms with van der Waals surface area (Å²) in [5.41, 5.74) is 2.93. The van der Waals surface area contributed by atoms with Crippen LogP contribution in [-0.4, -0.2) is 17.1 Å². The van der Waals surface area contributed by atoms with E-state index in [1.54, 1.807) is 24.5 Å². The van der Waals surface area contributed by atoms with E-state index in [0.717, 1.165) is 0 Å². The smallest absolute Gasteiger partial charge is 0.287 e. The maximum Gasteiger partial charge on any atom is 0.287 e. The zero-order chi connectivity index (χ0) is 9.68. The van der Waals surface area contributed by atoms with Crippen molar-refractivity contribution in [2.45, 2.75) is 13.8 Å². The first-order valence-electron chi connectivity index (χ1n) is 4.17. The first kappa shape index (κ1) is 9.51. The fraction of sp³-hybridized carbons (Fsp3) is 0.333. The number of aromatic amines is 1. The highest BCUT2D eigenvalue weighted by Crippen LogP contribution is 1.93. The molecule has 0 radical (unpaired) electrons. The molecule has 0 bridgehead atoms. The molecule has 1 rings (SSSR count). The summed E-state index contributed by atoms with van der Waals surface area (Å²) in [6.45, 7) is 3.98. The topological polar surface area (TPSA) is 57.2 Å². The number of amides is 1. The van der Waals surface area contributed by atoms with Crippen LogP contribution < -0.4 is 5.43 Å². The first-order valence-corrected chi connectivity index (χ1v) is 4.17. The van der Waals surface area contributed by atoms with E-state index >= 15 is 0 Å². The van der Waals surface area contributed by atoms with Crippen molar-refractivity contribution in [1.82, 2.24) is 10.4 Å². The highest BCUT2D eigenvalue weighted by molar-refractivity contribution is 5.92. The van der Waals surface area contributed by atoms with Gasteiger partial charge in [0.15, 0.2) is 0 Å². The quantitative estimate of drug-likeness (QED) is 0.534. The van der Waals surface area contributed by atoms with E-state index in [9.17, 15) is 4.79 Å². The second-order valence-corrected chi connectivity index (χ2v) is 3.05. The minimum Gasteiger partial charge on any atom is -0.357 e. The Bertz CT molecular complexity index is 288. The van der Waals surface area contributed by atoms with Gasteiger partial charge in [0.1, 0.15) is 5.69 Å². The van der Waals surface area contributed by atoms with E-state index in [1.165, 1.54) is 0 Å². The highest BCUT2D eigenvalue weighted by Gasteiger charge is 2.02. The lowest BCUT2D eigenvalue weighted by Crippen LogP contribution is -2.18. The lowest BCUT2D eigenvalue weighted by atomic mass is 10.3. The molecule has 0 spiro atoms. The molecule has 0 aliphatic rings. The van der Waals surface area contributed by atoms with Gasteiger partial charge in [-0.2, -0.15) is 5.10 Å². The summed E-state index contributed by atoms with van der Waals surface area (Å²) in [6.07, 6.45) is 3.38. The number of nitrogens with zero attached hydrogens (tertiary/aromatic N) is 1. The molecule has 0 aliphatic carbocycles. The summed E-state index contributed by atoms with van der Waals surface area (Å²) in [5.74, 6) is 0.117. The zero-order valence-corrected chi connectivity index (χ0v) is 7.74. The largest absolute Gasteiger partial charge is 0.357 e. The van der Waals surface area contributed by atoms with Gasteiger partial charge in [-0.05, 0) is 18.1 Å². The average molecular weight is 179 g/mol. The van der Waals surface area contributed by atoms with E-state index in [1.807, 2.05) is 13.8 Å². The van der Waals surface area contributed by atoms with Crippen LogP contribution in [0.25, 0.3) is 0 Å². The Labute approximate surface area is 77.0 Å². The lowest BCUT2D eigenvalue weighted by Gasteiger charge is -1.96. The fourth-order valence-electron chi connectivity index (χ4n) is 0.777. The molecule has 0 aromatic carbocycles. The van der Waals surface area contributed by atoms with E-state index in [4.69, 9.17) is 0 Å². The highest BCUT2D eigenvalue weighted by atomic mass is 16.2. The third kappa shape index (κ3) is 3.11. The Morgan fingerprint density at radius 1 is 1.69 bits per heavy atom. The van der Waals surface area contributed by atoms with Crippen molar-refractivity contribution in [2.24, 2.45) is 11.0 Å². The molecule has 0 saturated carbocycles. The van der Waals surface area contributed by atoms with Gasteiger partial charge in [-0.1, -0.05) is 13.8 Å². The van der Waals surface area contributed by atoms with E-state index in [-0.39, 0.29) is 5.91 Å². The minimum absolute atomic E-state index is 0.220. The summed E-state index contributed by atoms with van der Waals surface area (Å²) < 4.78 is 0. The molecule has 1 heterocycles. The molecular weight excluding hydrogens is 166 g/mol. The number of carbonyl (C=O) groups excluding carboxylic acids is 1. The van der Waals surface area contributed by atoms with Gasteiger partial charge >= 0.3 is 0 Å². The van der Waals surface area contributed by atoms with Crippen LogP contribution in [-0.2, 0) is 0 Å². The van der Waals surface area contributed by atoms with Crippen molar-refractivity contribution in [3.63, 3.8) is 0 Å². The first-order chi connectivity index (χ1) is 6.20. The summed E-state index contributed by atoms with van der Waals surface area (Å²) in [6, 6.07) is 3.46. The van der Waals surface area contributed by atoms with Gasteiger partial charge in [0, 0.05) is 12.4 Å². The number of hydrogen-bond acceptors (Lipinski definition) is 2. The third-order valence-corrected chi connectivity index (χ3v) is 1.38. The molecule has 0 aliphatic heterocycles. The molecule has 1 amide bonds. The van der Waals surface area contributed by atoms with Crippen molar-refractivity contribution in [2.75, 3.05) is 0 Å². The van der Waals surface area contributed by atoms with Crippen molar-refractivity contribution < 1.29 is 4.79 Å². The Morgan fingerprint density at radius 2 is 2.46 bits per heavy atom. The lowest BCUT2D eigenvalue weighted by molar-refractivity contribution is 0.0950. The zero-order valence-electron chi connectivity index (χ0n) is 7.74. The van der Waals surface area contributed by atoms with Gasteiger partial charge < -0.3 is 4.98 Å². The van der Waals surface area contributed by atoms with Crippen molar-refractivity contribution in [3.8, 4) is 0 Å². The van der Waals surface area contributed by atoms with Crippen LogP contribution in [0.5, 0.6) is 0 Å². The number of nitrogens with one attached hydrogen (secondary N) is 2. The van der Waals surface area contributed by atoms with Gasteiger partial charge in [0.25, 0.3) is 5.91 Å². The average Bonchev–Trinajstić information content (AvgIpc) is 2.55. The molecule has 70 valence electrons. The Hall–Kier alpha value is -1.58. The molecule has 0 atom stereocenters. The van der Waals surface area contributed by atoms with Crippen LogP contribution in [0, 0.1) is 5.92 Å². The van der Waals surface area contributed by atoms with Crippen molar-refractivity contribution in [1.29, 1.82) is 0 Å². The fourth-order valence-corrected chi connectivity index (χ4v) is 0.777. The second kappa shape index (κ2) is 4.45. The number of H-pyrrole nitrogens is 1. The molecule has 4 heteroatoms. The molecule has 2 N–H and O–H groups in total. The van der Waals surface area contributed by atoms with Gasteiger partial charge in [0.2, 0.25) is 0 Å². The van der Waals surface area contributed by atoms with Crippen LogP contribution in [0.15, 0.2) is 23.4 Å². The van der Waals surface area contributed by atoms with Crippen LogP contribution in [0.3, 0.4) is 0 Å². The maximum atomic E-state index is 11.2. The predicted octanol–water partition coefficient (Wildman–Crippen LogP) is 1.39. The van der Waals surface area contributed by atoms with E-state index < -0.39 is 0 Å². The summed E-state index contributed by atoms with van der Waals surface area (Å²) >= 11 is 0. The summed E-state index contributed by atoms with van der Waals surface area (Å²) in [5, 5.41) is 3.78. The normalized spacial score (nSPS) is 11.0. The summed E-state index contributed by atoms with van der Waals surface area (Å²) in [4.78, 5) is 14.0. The van der Waals surface area contributed by atoms with Gasteiger partial charge in [-0.25, -0.2) is 5.43 Å². The summed E-state index contributed by atoms with van der Waals surface area (Å²) in [7, 11) is 0. The van der Waals surface area contributed by atoms with E-state index in [0.29, 0.717) is 11.6 Å². The Balaban J connectivity index is 2.43. The van der Waals surface area contributed by atoms with E-state index in [2.05, 4.69) is 15.5 Å². The third-order valence-electron chi connectivity index (χ3n) is 1.38. The van der Waals surface area contributed by atoms with Gasteiger partial charge in [0.05, 0.1) is 0 Å². The molecule has 0 fully saturated rings. The monoisotopic (exact) mass is 179 g/mol. The number of hydrazone groups is 1. The minimum atomic E-state index is -0.220. The molecule has 13 heavy (non-hydrogen) atoms. The van der Waals surface area contributed by atoms with Crippen molar-refractivity contribution >= 4 is 12.1 Å². The van der Waals surface area contributed by atoms with Gasteiger partial charge in [-0.15, -0.1) is 0 Å². The number of aromatic nitrogens is 1. The van der Waals surface area contributed by atoms with Crippen LogP contribution in [0.1, 0.15) is 24.3 Å². The molecule has 1 aromatic heterocycles. The molecule has 4 nitrogen and oxygen atoms in total. The molecule has 1 aromatic rings. The number of carbonyl (C=O) groups is 1. The second-order valence-electron chi connectivity index (χ2n) is 3.05. The number of hydrogen-bond donors (Lipinski definition) is 2. The Kier molecular flexibility index (Phi) is 3.25. The number of rotatable bonds is 3. The van der Waals surface area contributed by atoms with Crippen LogP contribution >= 0.6 is 0 Å². The molecule has 0 unspecified atom stereocenters. The standard InChI is InChI=1S/C9H13N3O/c1-7(2)6-11-12-9(13)8-4-3-5-10-8/h3-7,10H,1-2H3,(H,12,13)/b11-6+. The van der Waals surface area contributed by atoms with Crippen LogP contribution in [0.2, 0.25) is 0 Å².